The maximum absolute atomic E-state index is 3.26. The molecule has 0 aromatic heterocycles. The molecule has 118 valence electrons. The Morgan fingerprint density at radius 3 is 1.84 bits per heavy atom. The highest BCUT2D eigenvalue weighted by atomic mass is 15.1. The van der Waals surface area contributed by atoms with Gasteiger partial charge < -0.3 is 15.1 Å². The first-order chi connectivity index (χ1) is 9.01. The van der Waals surface area contributed by atoms with E-state index in [0.717, 1.165) is 0 Å². The maximum Gasteiger partial charge on any atom is 0.00362 e. The quantitative estimate of drug-likeness (QED) is 0.660. The first-order valence-corrected chi connectivity index (χ1v) is 8.05. The van der Waals surface area contributed by atoms with Crippen LogP contribution in [0.2, 0.25) is 0 Å². The van der Waals surface area contributed by atoms with Crippen LogP contribution >= 0.6 is 0 Å². The van der Waals surface area contributed by atoms with Crippen LogP contribution in [0, 0.1) is 0 Å². The molecule has 0 fully saturated rings. The van der Waals surface area contributed by atoms with E-state index in [1.54, 1.807) is 0 Å². The standard InChI is InChI=1S/C10H24N2.C6H15N/c1-5-12(6-2)9-7-8-10(3)11-4;1-4-5-6-7(2)3/h10-11H,5-9H2,1-4H3;4-6H2,1-3H3. The van der Waals surface area contributed by atoms with E-state index in [2.05, 4.69) is 56.9 Å². The lowest BCUT2D eigenvalue weighted by Crippen LogP contribution is -2.27. The molecule has 0 aliphatic rings. The van der Waals surface area contributed by atoms with Crippen LogP contribution in [-0.2, 0) is 0 Å². The van der Waals surface area contributed by atoms with Crippen LogP contribution in [0.25, 0.3) is 0 Å². The van der Waals surface area contributed by atoms with Crippen molar-refractivity contribution >= 4 is 0 Å². The molecule has 3 heteroatoms. The van der Waals surface area contributed by atoms with Crippen LogP contribution in [0.1, 0.15) is 53.4 Å². The van der Waals surface area contributed by atoms with Gasteiger partial charge in [0.2, 0.25) is 0 Å². The molecule has 0 bridgehead atoms. The molecule has 0 aliphatic carbocycles. The molecular formula is C16H39N3. The second kappa shape index (κ2) is 15.9. The largest absolute Gasteiger partial charge is 0.317 e. The van der Waals surface area contributed by atoms with Gasteiger partial charge in [-0.15, -0.1) is 0 Å². The lowest BCUT2D eigenvalue weighted by Gasteiger charge is -2.18. The summed E-state index contributed by atoms with van der Waals surface area (Å²) in [5, 5.41) is 3.26. The van der Waals surface area contributed by atoms with E-state index < -0.39 is 0 Å². The van der Waals surface area contributed by atoms with E-state index in [9.17, 15) is 0 Å². The Morgan fingerprint density at radius 1 is 0.947 bits per heavy atom. The van der Waals surface area contributed by atoms with Gasteiger partial charge in [-0.25, -0.2) is 0 Å². The first kappa shape index (κ1) is 21.2. The minimum atomic E-state index is 0.667. The summed E-state index contributed by atoms with van der Waals surface area (Å²) in [6.07, 6.45) is 5.22. The highest BCUT2D eigenvalue weighted by molar-refractivity contribution is 4.59. The fourth-order valence-electron chi connectivity index (χ4n) is 1.78. The van der Waals surface area contributed by atoms with E-state index in [1.165, 1.54) is 51.9 Å². The summed E-state index contributed by atoms with van der Waals surface area (Å²) in [6, 6.07) is 0.667. The lowest BCUT2D eigenvalue weighted by molar-refractivity contribution is 0.291. The van der Waals surface area contributed by atoms with Gasteiger partial charge in [0.05, 0.1) is 0 Å². The molecule has 1 unspecified atom stereocenters. The summed E-state index contributed by atoms with van der Waals surface area (Å²) in [7, 11) is 6.24. The number of rotatable bonds is 10. The predicted octanol–water partition coefficient (Wildman–Crippen LogP) is 3.06. The second-order valence-electron chi connectivity index (χ2n) is 5.52. The third-order valence-electron chi connectivity index (χ3n) is 3.46. The van der Waals surface area contributed by atoms with Crippen molar-refractivity contribution in [3.8, 4) is 0 Å². The Kier molecular flexibility index (Phi) is 17.8. The molecule has 19 heavy (non-hydrogen) atoms. The van der Waals surface area contributed by atoms with Gasteiger partial charge in [0.15, 0.2) is 0 Å². The Labute approximate surface area is 122 Å². The van der Waals surface area contributed by atoms with E-state index in [4.69, 9.17) is 0 Å². The summed E-state index contributed by atoms with van der Waals surface area (Å²) in [4.78, 5) is 4.69. The van der Waals surface area contributed by atoms with Crippen molar-refractivity contribution in [3.05, 3.63) is 0 Å². The van der Waals surface area contributed by atoms with Crippen molar-refractivity contribution < 1.29 is 0 Å². The van der Waals surface area contributed by atoms with Gasteiger partial charge in [-0.1, -0.05) is 27.2 Å². The summed E-state index contributed by atoms with van der Waals surface area (Å²) in [5.74, 6) is 0. The van der Waals surface area contributed by atoms with Crippen LogP contribution in [0.15, 0.2) is 0 Å². The van der Waals surface area contributed by atoms with Crippen molar-refractivity contribution in [2.75, 3.05) is 47.3 Å². The van der Waals surface area contributed by atoms with Crippen molar-refractivity contribution in [1.82, 2.24) is 15.1 Å². The average molecular weight is 274 g/mol. The number of unbranched alkanes of at least 4 members (excludes halogenated alkanes) is 1. The third-order valence-corrected chi connectivity index (χ3v) is 3.46. The minimum Gasteiger partial charge on any atom is -0.317 e. The van der Waals surface area contributed by atoms with Crippen molar-refractivity contribution in [3.63, 3.8) is 0 Å². The first-order valence-electron chi connectivity index (χ1n) is 8.05. The molecule has 0 saturated carbocycles. The molecule has 0 spiro atoms. The number of nitrogens with zero attached hydrogens (tertiary/aromatic N) is 2. The predicted molar refractivity (Wildman–Crippen MR) is 89.0 cm³/mol. The molecule has 0 rings (SSSR count). The van der Waals surface area contributed by atoms with E-state index >= 15 is 0 Å². The van der Waals surface area contributed by atoms with Crippen LogP contribution in [0.3, 0.4) is 0 Å². The molecule has 0 amide bonds. The van der Waals surface area contributed by atoms with E-state index in [1.807, 2.05) is 7.05 Å². The van der Waals surface area contributed by atoms with Crippen LogP contribution in [0.5, 0.6) is 0 Å². The van der Waals surface area contributed by atoms with Crippen LogP contribution < -0.4 is 5.32 Å². The fraction of sp³-hybridized carbons (Fsp3) is 1.00. The van der Waals surface area contributed by atoms with Crippen LogP contribution in [0.4, 0.5) is 0 Å². The summed E-state index contributed by atoms with van der Waals surface area (Å²) in [6.45, 7) is 13.8. The summed E-state index contributed by atoms with van der Waals surface area (Å²) >= 11 is 0. The van der Waals surface area contributed by atoms with Gasteiger partial charge in [-0.2, -0.15) is 0 Å². The Bertz CT molecular complexity index is 156. The topological polar surface area (TPSA) is 18.5 Å². The molecule has 0 saturated heterocycles. The minimum absolute atomic E-state index is 0.667. The molecule has 0 aromatic rings. The summed E-state index contributed by atoms with van der Waals surface area (Å²) < 4.78 is 0. The second-order valence-corrected chi connectivity index (χ2v) is 5.52. The van der Waals surface area contributed by atoms with Crippen LogP contribution in [-0.4, -0.2) is 63.2 Å². The molecular weight excluding hydrogens is 234 g/mol. The van der Waals surface area contributed by atoms with E-state index in [-0.39, 0.29) is 0 Å². The molecule has 0 radical (unpaired) electrons. The normalized spacial score (nSPS) is 12.5. The lowest BCUT2D eigenvalue weighted by atomic mass is 10.2. The zero-order valence-electron chi connectivity index (χ0n) is 14.6. The molecule has 1 atom stereocenters. The zero-order chi connectivity index (χ0) is 15.1. The molecule has 0 heterocycles. The maximum atomic E-state index is 3.26. The Hall–Kier alpha value is -0.120. The third kappa shape index (κ3) is 17.9. The van der Waals surface area contributed by atoms with Gasteiger partial charge in [-0.05, 0) is 73.5 Å². The van der Waals surface area contributed by atoms with Gasteiger partial charge in [-0.3, -0.25) is 0 Å². The van der Waals surface area contributed by atoms with Gasteiger partial charge >= 0.3 is 0 Å². The molecule has 0 aliphatic heterocycles. The monoisotopic (exact) mass is 273 g/mol. The average Bonchev–Trinajstić information content (AvgIpc) is 2.41. The van der Waals surface area contributed by atoms with Gasteiger partial charge in [0.25, 0.3) is 0 Å². The SMILES string of the molecule is CCCCN(C)C.CCN(CC)CCCC(C)NC. The highest BCUT2D eigenvalue weighted by Crippen LogP contribution is 1.98. The van der Waals surface area contributed by atoms with E-state index in [0.29, 0.717) is 6.04 Å². The number of nitrogens with one attached hydrogen (secondary N) is 1. The zero-order valence-corrected chi connectivity index (χ0v) is 14.6. The Morgan fingerprint density at radius 2 is 1.53 bits per heavy atom. The highest BCUT2D eigenvalue weighted by Gasteiger charge is 2.00. The number of hydrogen-bond donors (Lipinski definition) is 1. The van der Waals surface area contributed by atoms with Crippen molar-refractivity contribution in [2.45, 2.75) is 59.4 Å². The number of hydrogen-bond acceptors (Lipinski definition) is 3. The summed E-state index contributed by atoms with van der Waals surface area (Å²) in [5.41, 5.74) is 0. The van der Waals surface area contributed by atoms with Gasteiger partial charge in [0, 0.05) is 6.04 Å². The van der Waals surface area contributed by atoms with Crippen molar-refractivity contribution in [1.29, 1.82) is 0 Å². The molecule has 1 N–H and O–H groups in total. The smallest absolute Gasteiger partial charge is 0.00362 e. The fourth-order valence-corrected chi connectivity index (χ4v) is 1.78. The van der Waals surface area contributed by atoms with Crippen molar-refractivity contribution in [2.24, 2.45) is 0 Å². The van der Waals surface area contributed by atoms with Gasteiger partial charge in [0.1, 0.15) is 0 Å². The molecule has 0 aromatic carbocycles. The Balaban J connectivity index is 0. The molecule has 3 nitrogen and oxygen atoms in total.